The van der Waals surface area contributed by atoms with E-state index in [1.807, 2.05) is 26.8 Å². The number of nitrogens with zero attached hydrogens (tertiary/aromatic N) is 4. The molecule has 0 aliphatic rings. The van der Waals surface area contributed by atoms with Crippen LogP contribution < -0.4 is 5.32 Å². The molecular formula is C18H20FN5OS. The number of hydrogen-bond donors (Lipinski definition) is 1. The van der Waals surface area contributed by atoms with Gasteiger partial charge >= 0.3 is 0 Å². The molecule has 3 rings (SSSR count). The summed E-state index contributed by atoms with van der Waals surface area (Å²) in [6.07, 6.45) is 0. The summed E-state index contributed by atoms with van der Waals surface area (Å²) in [6.45, 7) is 7.50. The van der Waals surface area contributed by atoms with Crippen LogP contribution in [-0.2, 0) is 4.79 Å². The molecule has 0 fully saturated rings. The molecule has 0 aliphatic carbocycles. The zero-order valence-electron chi connectivity index (χ0n) is 15.0. The molecule has 1 amide bonds. The Morgan fingerprint density at radius 1 is 1.19 bits per heavy atom. The molecule has 6 nitrogen and oxygen atoms in total. The molecule has 2 aromatic heterocycles. The standard InChI is InChI=1S/C18H20FN5OS/c1-10-9-11(2)24-17(20-10)22-18(23-24)26-13(4)16(25)21-12(3)14-5-7-15(19)8-6-14/h5-9,12-13H,1-4H3,(H,21,25)/t12-,13-/m0/s1. The highest BCUT2D eigenvalue weighted by molar-refractivity contribution is 8.00. The molecule has 0 aliphatic heterocycles. The summed E-state index contributed by atoms with van der Waals surface area (Å²) in [7, 11) is 0. The number of benzene rings is 1. The van der Waals surface area contributed by atoms with Gasteiger partial charge in [-0.1, -0.05) is 23.9 Å². The van der Waals surface area contributed by atoms with Gasteiger partial charge in [0, 0.05) is 11.4 Å². The summed E-state index contributed by atoms with van der Waals surface area (Å²) >= 11 is 1.28. The molecular weight excluding hydrogens is 353 g/mol. The van der Waals surface area contributed by atoms with E-state index in [1.165, 1.54) is 23.9 Å². The van der Waals surface area contributed by atoms with E-state index in [4.69, 9.17) is 0 Å². The van der Waals surface area contributed by atoms with Crippen molar-refractivity contribution in [2.75, 3.05) is 0 Å². The molecule has 2 heterocycles. The van der Waals surface area contributed by atoms with Crippen molar-refractivity contribution in [3.05, 3.63) is 53.1 Å². The topological polar surface area (TPSA) is 72.2 Å². The third kappa shape index (κ3) is 4.01. The summed E-state index contributed by atoms with van der Waals surface area (Å²) in [5.41, 5.74) is 2.66. The first-order valence-electron chi connectivity index (χ1n) is 8.27. The third-order valence-corrected chi connectivity index (χ3v) is 4.93. The number of carbonyl (C=O) groups excluding carboxylic acids is 1. The zero-order valence-corrected chi connectivity index (χ0v) is 15.8. The molecule has 0 bridgehead atoms. The van der Waals surface area contributed by atoms with Crippen LogP contribution in [0.25, 0.3) is 5.78 Å². The Hall–Kier alpha value is -2.48. The number of carbonyl (C=O) groups is 1. The van der Waals surface area contributed by atoms with Gasteiger partial charge < -0.3 is 5.32 Å². The van der Waals surface area contributed by atoms with Crippen molar-refractivity contribution >= 4 is 23.4 Å². The van der Waals surface area contributed by atoms with E-state index in [9.17, 15) is 9.18 Å². The van der Waals surface area contributed by atoms with Crippen LogP contribution in [0.3, 0.4) is 0 Å². The van der Waals surface area contributed by atoms with Gasteiger partial charge in [0.25, 0.3) is 5.78 Å². The van der Waals surface area contributed by atoms with E-state index >= 15 is 0 Å². The second-order valence-electron chi connectivity index (χ2n) is 6.19. The summed E-state index contributed by atoms with van der Waals surface area (Å²) in [4.78, 5) is 21.2. The number of hydrogen-bond acceptors (Lipinski definition) is 5. The predicted molar refractivity (Wildman–Crippen MR) is 98.5 cm³/mol. The summed E-state index contributed by atoms with van der Waals surface area (Å²) in [5.74, 6) is 0.0945. The van der Waals surface area contributed by atoms with Crippen LogP contribution in [0.15, 0.2) is 35.5 Å². The van der Waals surface area contributed by atoms with Gasteiger partial charge in [-0.25, -0.2) is 13.9 Å². The lowest BCUT2D eigenvalue weighted by atomic mass is 10.1. The van der Waals surface area contributed by atoms with E-state index in [0.717, 1.165) is 17.0 Å². The van der Waals surface area contributed by atoms with Crippen molar-refractivity contribution in [1.82, 2.24) is 24.9 Å². The maximum atomic E-state index is 13.0. The van der Waals surface area contributed by atoms with Crippen LogP contribution in [0.1, 0.15) is 36.8 Å². The van der Waals surface area contributed by atoms with Gasteiger partial charge in [-0.05, 0) is 51.5 Å². The maximum absolute atomic E-state index is 13.0. The van der Waals surface area contributed by atoms with Crippen LogP contribution >= 0.6 is 11.8 Å². The number of aryl methyl sites for hydroxylation is 2. The largest absolute Gasteiger partial charge is 0.349 e. The van der Waals surface area contributed by atoms with Crippen LogP contribution in [0.2, 0.25) is 0 Å². The lowest BCUT2D eigenvalue weighted by Crippen LogP contribution is -2.33. The summed E-state index contributed by atoms with van der Waals surface area (Å²) in [6, 6.07) is 7.81. The lowest BCUT2D eigenvalue weighted by Gasteiger charge is -2.17. The van der Waals surface area contributed by atoms with Crippen LogP contribution in [-0.4, -0.2) is 30.7 Å². The van der Waals surface area contributed by atoms with Crippen molar-refractivity contribution < 1.29 is 9.18 Å². The number of aromatic nitrogens is 4. The number of amides is 1. The fraction of sp³-hybridized carbons (Fsp3) is 0.333. The molecule has 0 unspecified atom stereocenters. The van der Waals surface area contributed by atoms with Crippen molar-refractivity contribution in [1.29, 1.82) is 0 Å². The number of fused-ring (bicyclic) bond motifs is 1. The first kappa shape index (κ1) is 18.3. The Labute approximate surface area is 155 Å². The van der Waals surface area contributed by atoms with Gasteiger partial charge in [0.1, 0.15) is 5.82 Å². The smallest absolute Gasteiger partial charge is 0.253 e. The molecule has 0 saturated carbocycles. The molecule has 136 valence electrons. The molecule has 1 aromatic carbocycles. The highest BCUT2D eigenvalue weighted by atomic mass is 32.2. The number of rotatable bonds is 5. The highest BCUT2D eigenvalue weighted by Crippen LogP contribution is 2.22. The van der Waals surface area contributed by atoms with Gasteiger partial charge in [0.2, 0.25) is 11.1 Å². The second-order valence-corrected chi connectivity index (χ2v) is 7.49. The van der Waals surface area contributed by atoms with Crippen LogP contribution in [0.4, 0.5) is 4.39 Å². The minimum Gasteiger partial charge on any atom is -0.349 e. The number of thioether (sulfide) groups is 1. The fourth-order valence-corrected chi connectivity index (χ4v) is 3.33. The van der Waals surface area contributed by atoms with E-state index < -0.39 is 0 Å². The molecule has 2 atom stereocenters. The summed E-state index contributed by atoms with van der Waals surface area (Å²) < 4.78 is 14.7. The van der Waals surface area contributed by atoms with Gasteiger partial charge in [-0.2, -0.15) is 4.98 Å². The normalized spacial score (nSPS) is 13.6. The Bertz CT molecular complexity index is 941. The van der Waals surface area contributed by atoms with Crippen molar-refractivity contribution in [3.63, 3.8) is 0 Å². The molecule has 1 N–H and O–H groups in total. The predicted octanol–water partition coefficient (Wildman–Crippen LogP) is 3.24. The molecule has 0 radical (unpaired) electrons. The van der Waals surface area contributed by atoms with Crippen molar-refractivity contribution in [2.45, 2.75) is 44.1 Å². The maximum Gasteiger partial charge on any atom is 0.253 e. The van der Waals surface area contributed by atoms with Gasteiger partial charge in [0.15, 0.2) is 0 Å². The number of halogens is 1. The fourth-order valence-electron chi connectivity index (χ4n) is 2.58. The molecule has 8 heteroatoms. The Kier molecular flexibility index (Phi) is 5.22. The average molecular weight is 373 g/mol. The molecule has 26 heavy (non-hydrogen) atoms. The zero-order chi connectivity index (χ0) is 18.8. The van der Waals surface area contributed by atoms with Crippen LogP contribution in [0, 0.1) is 19.7 Å². The van der Waals surface area contributed by atoms with Crippen molar-refractivity contribution in [3.8, 4) is 0 Å². The first-order valence-corrected chi connectivity index (χ1v) is 9.15. The van der Waals surface area contributed by atoms with Gasteiger partial charge in [-0.15, -0.1) is 5.10 Å². The minimum absolute atomic E-state index is 0.133. The Balaban J connectivity index is 1.67. The molecule has 0 saturated heterocycles. The first-order chi connectivity index (χ1) is 12.3. The van der Waals surface area contributed by atoms with E-state index in [0.29, 0.717) is 10.9 Å². The van der Waals surface area contributed by atoms with Gasteiger partial charge in [0.05, 0.1) is 11.3 Å². The molecule has 0 spiro atoms. The minimum atomic E-state index is -0.378. The Morgan fingerprint density at radius 3 is 2.58 bits per heavy atom. The summed E-state index contributed by atoms with van der Waals surface area (Å²) in [5, 5.41) is 7.46. The van der Waals surface area contributed by atoms with E-state index in [-0.39, 0.29) is 23.0 Å². The van der Waals surface area contributed by atoms with Crippen molar-refractivity contribution in [2.24, 2.45) is 0 Å². The van der Waals surface area contributed by atoms with Crippen LogP contribution in [0.5, 0.6) is 0 Å². The van der Waals surface area contributed by atoms with E-state index in [2.05, 4.69) is 20.4 Å². The highest BCUT2D eigenvalue weighted by Gasteiger charge is 2.20. The third-order valence-electron chi connectivity index (χ3n) is 3.98. The number of nitrogens with one attached hydrogen (secondary N) is 1. The lowest BCUT2D eigenvalue weighted by molar-refractivity contribution is -0.120. The van der Waals surface area contributed by atoms with E-state index in [1.54, 1.807) is 23.6 Å². The SMILES string of the molecule is Cc1cc(C)n2nc(S[C@@H](C)C(=O)N[C@@H](C)c3ccc(F)cc3)nc2n1. The molecule has 3 aromatic rings. The van der Waals surface area contributed by atoms with Gasteiger partial charge in [-0.3, -0.25) is 4.79 Å². The average Bonchev–Trinajstić information content (AvgIpc) is 2.97. The Morgan fingerprint density at radius 2 is 1.88 bits per heavy atom. The quantitative estimate of drug-likeness (QED) is 0.695. The second kappa shape index (κ2) is 7.41. The monoisotopic (exact) mass is 373 g/mol.